The predicted octanol–water partition coefficient (Wildman–Crippen LogP) is 4.03. The Hall–Kier alpha value is -3.78. The molecule has 35 heavy (non-hydrogen) atoms. The number of imidazole rings is 1. The van der Waals surface area contributed by atoms with E-state index in [0.717, 1.165) is 60.9 Å². The van der Waals surface area contributed by atoms with Gasteiger partial charge in [-0.25, -0.2) is 4.98 Å². The molecule has 0 unspecified atom stereocenters. The lowest BCUT2D eigenvalue weighted by atomic mass is 10.1. The van der Waals surface area contributed by atoms with E-state index in [1.165, 1.54) is 0 Å². The number of fused-ring (bicyclic) bond motifs is 1. The first-order valence-corrected chi connectivity index (χ1v) is 12.2. The number of aromatic nitrogens is 2. The van der Waals surface area contributed by atoms with Crippen LogP contribution in [0.5, 0.6) is 0 Å². The van der Waals surface area contributed by atoms with Crippen molar-refractivity contribution in [1.29, 1.82) is 0 Å². The van der Waals surface area contributed by atoms with Crippen LogP contribution in [0.4, 0.5) is 11.6 Å². The van der Waals surface area contributed by atoms with Crippen LogP contribution >= 0.6 is 0 Å². The minimum Gasteiger partial charge on any atom is -0.467 e. The Kier molecular flexibility index (Phi) is 6.99. The van der Waals surface area contributed by atoms with Gasteiger partial charge in [-0.2, -0.15) is 0 Å². The van der Waals surface area contributed by atoms with Crippen LogP contribution in [-0.4, -0.2) is 59.6 Å². The van der Waals surface area contributed by atoms with Gasteiger partial charge in [0.05, 0.1) is 29.4 Å². The van der Waals surface area contributed by atoms with Crippen LogP contribution in [-0.2, 0) is 6.54 Å². The third kappa shape index (κ3) is 5.33. The van der Waals surface area contributed by atoms with E-state index in [4.69, 9.17) is 9.40 Å². The number of para-hydroxylation sites is 3. The van der Waals surface area contributed by atoms with Crippen LogP contribution in [0.15, 0.2) is 71.3 Å². The minimum absolute atomic E-state index is 0.0398. The zero-order chi connectivity index (χ0) is 24.0. The maximum Gasteiger partial charge on any atom is 0.253 e. The molecule has 2 aromatic carbocycles. The average molecular weight is 473 g/mol. The first-order valence-electron chi connectivity index (χ1n) is 12.2. The number of carbonyl (C=O) groups is 1. The molecule has 0 bridgehead atoms. The van der Waals surface area contributed by atoms with Crippen molar-refractivity contribution in [3.63, 3.8) is 0 Å². The Morgan fingerprint density at radius 2 is 1.86 bits per heavy atom. The van der Waals surface area contributed by atoms with Gasteiger partial charge in [-0.05, 0) is 49.2 Å². The maximum absolute atomic E-state index is 12.5. The Morgan fingerprint density at radius 3 is 2.66 bits per heavy atom. The van der Waals surface area contributed by atoms with Crippen molar-refractivity contribution >= 4 is 28.6 Å². The highest BCUT2D eigenvalue weighted by Crippen LogP contribution is 2.24. The lowest BCUT2D eigenvalue weighted by Gasteiger charge is -2.32. The van der Waals surface area contributed by atoms with E-state index < -0.39 is 0 Å². The third-order valence-corrected chi connectivity index (χ3v) is 6.62. The molecule has 4 aromatic rings. The fourth-order valence-corrected chi connectivity index (χ4v) is 4.71. The lowest BCUT2D eigenvalue weighted by molar-refractivity contribution is 0.0947. The molecular formula is C27H32N6O2. The molecule has 0 aliphatic carbocycles. The van der Waals surface area contributed by atoms with Gasteiger partial charge < -0.3 is 29.8 Å². The van der Waals surface area contributed by atoms with Crippen molar-refractivity contribution < 1.29 is 9.21 Å². The molecule has 0 radical (unpaired) electrons. The topological polar surface area (TPSA) is 87.4 Å². The van der Waals surface area contributed by atoms with Crippen LogP contribution < -0.4 is 16.0 Å². The summed E-state index contributed by atoms with van der Waals surface area (Å²) in [5.74, 6) is 1.75. The first-order chi connectivity index (χ1) is 17.2. The Morgan fingerprint density at radius 1 is 1.06 bits per heavy atom. The summed E-state index contributed by atoms with van der Waals surface area (Å²) >= 11 is 0. The molecule has 8 nitrogen and oxygen atoms in total. The smallest absolute Gasteiger partial charge is 0.253 e. The van der Waals surface area contributed by atoms with Gasteiger partial charge >= 0.3 is 0 Å². The average Bonchev–Trinajstić information content (AvgIpc) is 3.53. The fraction of sp³-hybridized carbons (Fsp3) is 0.333. The Balaban J connectivity index is 1.14. The highest BCUT2D eigenvalue weighted by molar-refractivity contribution is 5.99. The summed E-state index contributed by atoms with van der Waals surface area (Å²) in [5.41, 5.74) is 3.60. The van der Waals surface area contributed by atoms with Crippen LogP contribution in [0, 0.1) is 0 Å². The van der Waals surface area contributed by atoms with Crippen molar-refractivity contribution in [2.75, 3.05) is 43.9 Å². The molecule has 1 saturated heterocycles. The summed E-state index contributed by atoms with van der Waals surface area (Å²) < 4.78 is 7.79. The van der Waals surface area contributed by atoms with Gasteiger partial charge in [0, 0.05) is 45.0 Å². The SMILES string of the molecule is CNc1ccccc1C(=O)NCCN1CCC(Nc2nc3ccccc3n2Cc2ccco2)CC1. The van der Waals surface area contributed by atoms with Crippen molar-refractivity contribution in [3.05, 3.63) is 78.3 Å². The zero-order valence-electron chi connectivity index (χ0n) is 20.0. The monoisotopic (exact) mass is 472 g/mol. The molecule has 3 N–H and O–H groups in total. The Bertz CT molecular complexity index is 1260. The van der Waals surface area contributed by atoms with E-state index in [1.54, 1.807) is 6.26 Å². The van der Waals surface area contributed by atoms with E-state index in [-0.39, 0.29) is 5.91 Å². The van der Waals surface area contributed by atoms with Gasteiger partial charge in [0.1, 0.15) is 5.76 Å². The van der Waals surface area contributed by atoms with Gasteiger partial charge in [0.25, 0.3) is 5.91 Å². The van der Waals surface area contributed by atoms with Crippen molar-refractivity contribution in [1.82, 2.24) is 19.8 Å². The van der Waals surface area contributed by atoms with Crippen LogP contribution in [0.3, 0.4) is 0 Å². The molecule has 8 heteroatoms. The molecule has 0 atom stereocenters. The molecule has 182 valence electrons. The van der Waals surface area contributed by atoms with Crippen LogP contribution in [0.25, 0.3) is 11.0 Å². The second-order valence-corrected chi connectivity index (χ2v) is 8.90. The number of amides is 1. The van der Waals surface area contributed by atoms with Crippen molar-refractivity contribution in [2.24, 2.45) is 0 Å². The number of likely N-dealkylation sites (tertiary alicyclic amines) is 1. The second kappa shape index (κ2) is 10.7. The predicted molar refractivity (Wildman–Crippen MR) is 139 cm³/mol. The van der Waals surface area contributed by atoms with Crippen molar-refractivity contribution in [2.45, 2.75) is 25.4 Å². The summed E-state index contributed by atoms with van der Waals surface area (Å²) in [6, 6.07) is 20.0. The summed E-state index contributed by atoms with van der Waals surface area (Å²) in [7, 11) is 1.83. The van der Waals surface area contributed by atoms with E-state index in [0.29, 0.717) is 24.7 Å². The summed E-state index contributed by atoms with van der Waals surface area (Å²) in [5, 5.41) is 9.82. The first kappa shape index (κ1) is 23.0. The highest BCUT2D eigenvalue weighted by Gasteiger charge is 2.22. The Labute approximate surface area is 205 Å². The summed E-state index contributed by atoms with van der Waals surface area (Å²) in [6.45, 7) is 4.09. The van der Waals surface area contributed by atoms with E-state index in [1.807, 2.05) is 61.6 Å². The largest absolute Gasteiger partial charge is 0.467 e. The number of benzene rings is 2. The zero-order valence-corrected chi connectivity index (χ0v) is 20.0. The molecule has 1 fully saturated rings. The number of carbonyl (C=O) groups excluding carboxylic acids is 1. The maximum atomic E-state index is 12.5. The second-order valence-electron chi connectivity index (χ2n) is 8.90. The molecule has 3 heterocycles. The van der Waals surface area contributed by atoms with Gasteiger partial charge in [-0.15, -0.1) is 0 Å². The normalized spacial score (nSPS) is 14.8. The third-order valence-electron chi connectivity index (χ3n) is 6.62. The number of nitrogens with one attached hydrogen (secondary N) is 3. The minimum atomic E-state index is -0.0398. The molecule has 1 aliphatic rings. The molecule has 0 spiro atoms. The van der Waals surface area contributed by atoms with Gasteiger partial charge in [0.2, 0.25) is 5.95 Å². The number of piperidine rings is 1. The highest BCUT2D eigenvalue weighted by atomic mass is 16.3. The molecule has 2 aromatic heterocycles. The molecule has 0 saturated carbocycles. The van der Waals surface area contributed by atoms with Crippen molar-refractivity contribution in [3.8, 4) is 0 Å². The lowest BCUT2D eigenvalue weighted by Crippen LogP contribution is -2.43. The number of hydrogen-bond acceptors (Lipinski definition) is 6. The number of furan rings is 1. The molecule has 5 rings (SSSR count). The molecule has 1 aliphatic heterocycles. The fourth-order valence-electron chi connectivity index (χ4n) is 4.71. The van der Waals surface area contributed by atoms with E-state index in [2.05, 4.69) is 31.5 Å². The van der Waals surface area contributed by atoms with Crippen LogP contribution in [0.2, 0.25) is 0 Å². The number of hydrogen-bond donors (Lipinski definition) is 3. The van der Waals surface area contributed by atoms with Gasteiger partial charge in [0.15, 0.2) is 0 Å². The summed E-state index contributed by atoms with van der Waals surface area (Å²) in [4.78, 5) is 19.8. The number of nitrogens with zero attached hydrogens (tertiary/aromatic N) is 3. The van der Waals surface area contributed by atoms with Crippen LogP contribution in [0.1, 0.15) is 29.0 Å². The quantitative estimate of drug-likeness (QED) is 0.341. The van der Waals surface area contributed by atoms with Gasteiger partial charge in [-0.3, -0.25) is 4.79 Å². The summed E-state index contributed by atoms with van der Waals surface area (Å²) in [6.07, 6.45) is 3.76. The van der Waals surface area contributed by atoms with Gasteiger partial charge in [-0.1, -0.05) is 24.3 Å². The van der Waals surface area contributed by atoms with E-state index >= 15 is 0 Å². The molecule has 1 amide bonds. The molecular weight excluding hydrogens is 440 g/mol. The number of rotatable bonds is 9. The standard InChI is InChI=1S/C27H32N6O2/c1-28-23-9-3-2-8-22(23)26(34)29-14-17-32-15-12-20(13-16-32)30-27-31-24-10-4-5-11-25(24)33(27)19-21-7-6-18-35-21/h2-11,18,20,28H,12-17,19H2,1H3,(H,29,34)(H,30,31). The number of anilines is 2. The van der Waals surface area contributed by atoms with E-state index in [9.17, 15) is 4.79 Å².